The summed E-state index contributed by atoms with van der Waals surface area (Å²) in [6, 6.07) is 17.7. The minimum absolute atomic E-state index is 0.0230. The first-order valence-corrected chi connectivity index (χ1v) is 12.6. The van der Waals surface area contributed by atoms with Crippen LogP contribution >= 0.6 is 0 Å². The molecule has 0 saturated carbocycles. The minimum Gasteiger partial charge on any atom is -0.497 e. The van der Waals surface area contributed by atoms with Gasteiger partial charge in [-0.25, -0.2) is 0 Å². The molecular formula is C28H33N5O3. The number of piperazine rings is 1. The van der Waals surface area contributed by atoms with Crippen LogP contribution in [-0.4, -0.2) is 89.2 Å². The predicted octanol–water partition coefficient (Wildman–Crippen LogP) is 2.99. The first kappa shape index (κ1) is 24.1. The van der Waals surface area contributed by atoms with E-state index in [1.165, 1.54) is 0 Å². The molecule has 0 spiro atoms. The van der Waals surface area contributed by atoms with Gasteiger partial charge in [0.25, 0.3) is 5.91 Å². The van der Waals surface area contributed by atoms with Gasteiger partial charge < -0.3 is 14.5 Å². The minimum atomic E-state index is -0.0507. The second kappa shape index (κ2) is 10.5. The number of carbonyl (C=O) groups excluding carboxylic acids is 2. The van der Waals surface area contributed by atoms with Gasteiger partial charge in [-0.15, -0.1) is 0 Å². The zero-order chi connectivity index (χ0) is 25.1. The molecule has 5 rings (SSSR count). The molecule has 2 aliphatic heterocycles. The topological polar surface area (TPSA) is 70.9 Å². The molecule has 8 nitrogen and oxygen atoms in total. The summed E-state index contributed by atoms with van der Waals surface area (Å²) >= 11 is 0. The van der Waals surface area contributed by atoms with Gasteiger partial charge in [-0.05, 0) is 56.3 Å². The Balaban J connectivity index is 1.35. The Kier molecular flexibility index (Phi) is 7.04. The van der Waals surface area contributed by atoms with E-state index in [9.17, 15) is 9.59 Å². The number of likely N-dealkylation sites (tertiary alicyclic amines) is 1. The molecule has 1 aromatic heterocycles. The van der Waals surface area contributed by atoms with Crippen molar-refractivity contribution in [3.63, 3.8) is 0 Å². The summed E-state index contributed by atoms with van der Waals surface area (Å²) in [6.45, 7) is 3.71. The maximum absolute atomic E-state index is 13.7. The van der Waals surface area contributed by atoms with E-state index in [1.807, 2.05) is 82.3 Å². The number of rotatable bonds is 6. The molecule has 0 bridgehead atoms. The van der Waals surface area contributed by atoms with Crippen LogP contribution < -0.4 is 4.74 Å². The average molecular weight is 488 g/mol. The third-order valence-corrected chi connectivity index (χ3v) is 7.23. The van der Waals surface area contributed by atoms with Crippen molar-refractivity contribution in [1.82, 2.24) is 24.5 Å². The number of likely N-dealkylation sites (N-methyl/N-ethyl adjacent to an activating group) is 1. The number of hydrogen-bond donors (Lipinski definition) is 0. The molecule has 2 fully saturated rings. The van der Waals surface area contributed by atoms with Crippen LogP contribution in [0.25, 0.3) is 11.3 Å². The van der Waals surface area contributed by atoms with E-state index < -0.39 is 0 Å². The largest absolute Gasteiger partial charge is 0.497 e. The van der Waals surface area contributed by atoms with Crippen LogP contribution in [-0.2, 0) is 11.3 Å². The quantitative estimate of drug-likeness (QED) is 0.535. The van der Waals surface area contributed by atoms with Crippen molar-refractivity contribution < 1.29 is 14.3 Å². The molecule has 36 heavy (non-hydrogen) atoms. The van der Waals surface area contributed by atoms with E-state index in [0.29, 0.717) is 44.0 Å². The van der Waals surface area contributed by atoms with Gasteiger partial charge in [0, 0.05) is 37.9 Å². The zero-order valence-corrected chi connectivity index (χ0v) is 21.0. The highest BCUT2D eigenvalue weighted by Gasteiger charge is 2.34. The van der Waals surface area contributed by atoms with Crippen LogP contribution in [0.5, 0.6) is 5.75 Å². The highest BCUT2D eigenvalue weighted by atomic mass is 16.5. The van der Waals surface area contributed by atoms with Crippen LogP contribution in [0.2, 0.25) is 0 Å². The number of benzene rings is 2. The molecule has 0 N–H and O–H groups in total. The molecule has 2 aromatic carbocycles. The first-order valence-electron chi connectivity index (χ1n) is 12.6. The SMILES string of the molecule is COc1ccc(-c2nn(Cc3ccccc3)cc2C(=O)N2CCN(C(=O)C3CCCN3C)CC2)cc1. The number of carbonyl (C=O) groups is 2. The van der Waals surface area contributed by atoms with Crippen LogP contribution in [0.15, 0.2) is 60.8 Å². The van der Waals surface area contributed by atoms with Gasteiger partial charge in [0.15, 0.2) is 0 Å². The van der Waals surface area contributed by atoms with E-state index in [4.69, 9.17) is 9.84 Å². The van der Waals surface area contributed by atoms with Crippen molar-refractivity contribution in [1.29, 1.82) is 0 Å². The van der Waals surface area contributed by atoms with E-state index >= 15 is 0 Å². The average Bonchev–Trinajstić information content (AvgIpc) is 3.55. The first-order chi connectivity index (χ1) is 17.5. The Hall–Kier alpha value is -3.65. The summed E-state index contributed by atoms with van der Waals surface area (Å²) in [5, 5.41) is 4.81. The molecule has 2 aliphatic rings. The standard InChI is InChI=1S/C28H33N5O3/c1-30-14-6-9-25(30)28(35)32-17-15-31(16-18-32)27(34)24-20-33(19-21-7-4-3-5-8-21)29-26(24)22-10-12-23(36-2)13-11-22/h3-5,7-8,10-13,20,25H,6,9,14-19H2,1-2H3. The summed E-state index contributed by atoms with van der Waals surface area (Å²) < 4.78 is 7.13. The number of aromatic nitrogens is 2. The van der Waals surface area contributed by atoms with E-state index in [2.05, 4.69) is 4.90 Å². The molecule has 8 heteroatoms. The molecular weight excluding hydrogens is 454 g/mol. The molecule has 2 saturated heterocycles. The van der Waals surface area contributed by atoms with Crippen LogP contribution in [0.3, 0.4) is 0 Å². The lowest BCUT2D eigenvalue weighted by Crippen LogP contribution is -2.54. The predicted molar refractivity (Wildman–Crippen MR) is 138 cm³/mol. The Bertz CT molecular complexity index is 1200. The van der Waals surface area contributed by atoms with Crippen molar-refractivity contribution in [3.05, 3.63) is 71.9 Å². The van der Waals surface area contributed by atoms with Crippen LogP contribution in [0.1, 0.15) is 28.8 Å². The second-order valence-corrected chi connectivity index (χ2v) is 9.56. The van der Waals surface area contributed by atoms with E-state index in [1.54, 1.807) is 7.11 Å². The monoisotopic (exact) mass is 487 g/mol. The maximum Gasteiger partial charge on any atom is 0.257 e. The number of methoxy groups -OCH3 is 1. The highest BCUT2D eigenvalue weighted by Crippen LogP contribution is 2.27. The fraction of sp³-hybridized carbons (Fsp3) is 0.393. The zero-order valence-electron chi connectivity index (χ0n) is 21.0. The highest BCUT2D eigenvalue weighted by molar-refractivity contribution is 6.00. The summed E-state index contributed by atoms with van der Waals surface area (Å²) in [6.07, 6.45) is 3.83. The Morgan fingerprint density at radius 3 is 2.28 bits per heavy atom. The maximum atomic E-state index is 13.7. The normalized spacial score (nSPS) is 18.4. The summed E-state index contributed by atoms with van der Waals surface area (Å²) in [5.74, 6) is 0.894. The molecule has 0 aliphatic carbocycles. The van der Waals surface area contributed by atoms with Gasteiger partial charge in [0.2, 0.25) is 5.91 Å². The lowest BCUT2D eigenvalue weighted by molar-refractivity contribution is -0.137. The van der Waals surface area contributed by atoms with Crippen molar-refractivity contribution in [2.45, 2.75) is 25.4 Å². The summed E-state index contributed by atoms with van der Waals surface area (Å²) in [4.78, 5) is 32.6. The summed E-state index contributed by atoms with van der Waals surface area (Å²) in [5.41, 5.74) is 3.21. The number of ether oxygens (including phenoxy) is 1. The Morgan fingerprint density at radius 1 is 0.944 bits per heavy atom. The number of amides is 2. The second-order valence-electron chi connectivity index (χ2n) is 9.56. The molecule has 2 amide bonds. The van der Waals surface area contributed by atoms with E-state index in [-0.39, 0.29) is 17.9 Å². The number of hydrogen-bond acceptors (Lipinski definition) is 5. The Labute approximate surface area is 212 Å². The molecule has 188 valence electrons. The number of nitrogens with zero attached hydrogens (tertiary/aromatic N) is 5. The van der Waals surface area contributed by atoms with Crippen molar-refractivity contribution >= 4 is 11.8 Å². The molecule has 0 radical (unpaired) electrons. The van der Waals surface area contributed by atoms with E-state index in [0.717, 1.165) is 36.3 Å². The van der Waals surface area contributed by atoms with Gasteiger partial charge >= 0.3 is 0 Å². The lowest BCUT2D eigenvalue weighted by atomic mass is 10.1. The van der Waals surface area contributed by atoms with Crippen LogP contribution in [0.4, 0.5) is 0 Å². The van der Waals surface area contributed by atoms with Crippen molar-refractivity contribution in [3.8, 4) is 17.0 Å². The molecule has 3 heterocycles. The fourth-order valence-electron chi connectivity index (χ4n) is 5.12. The van der Waals surface area contributed by atoms with Gasteiger partial charge in [-0.2, -0.15) is 5.10 Å². The Morgan fingerprint density at radius 2 is 1.64 bits per heavy atom. The fourth-order valence-corrected chi connectivity index (χ4v) is 5.12. The van der Waals surface area contributed by atoms with Gasteiger partial charge in [0.05, 0.1) is 25.3 Å². The molecule has 3 aromatic rings. The molecule has 1 atom stereocenters. The van der Waals surface area contributed by atoms with Gasteiger partial charge in [-0.1, -0.05) is 30.3 Å². The smallest absolute Gasteiger partial charge is 0.257 e. The van der Waals surface area contributed by atoms with Crippen molar-refractivity contribution in [2.75, 3.05) is 46.9 Å². The van der Waals surface area contributed by atoms with Crippen LogP contribution in [0, 0.1) is 0 Å². The molecule has 1 unspecified atom stereocenters. The third-order valence-electron chi connectivity index (χ3n) is 7.23. The van der Waals surface area contributed by atoms with Gasteiger partial charge in [-0.3, -0.25) is 19.2 Å². The van der Waals surface area contributed by atoms with Crippen molar-refractivity contribution in [2.24, 2.45) is 0 Å². The third kappa shape index (κ3) is 4.99. The lowest BCUT2D eigenvalue weighted by Gasteiger charge is -2.36. The van der Waals surface area contributed by atoms with Gasteiger partial charge in [0.1, 0.15) is 11.4 Å². The summed E-state index contributed by atoms with van der Waals surface area (Å²) in [7, 11) is 3.65.